The zero-order valence-electron chi connectivity index (χ0n) is 23.4. The van der Waals surface area contributed by atoms with E-state index in [1.165, 1.54) is 0 Å². The van der Waals surface area contributed by atoms with Gasteiger partial charge in [-0.1, -0.05) is 30.2 Å². The number of aryl methyl sites for hydroxylation is 1. The molecule has 2 heterocycles. The van der Waals surface area contributed by atoms with E-state index in [9.17, 15) is 19.6 Å². The first-order chi connectivity index (χ1) is 19.6. The maximum atomic E-state index is 14.0. The highest BCUT2D eigenvalue weighted by atomic mass is 35.5. The van der Waals surface area contributed by atoms with Gasteiger partial charge >= 0.3 is 0 Å². The number of nitriles is 1. The molecule has 2 N–H and O–H groups in total. The third-order valence-electron chi connectivity index (χ3n) is 8.53. The lowest BCUT2D eigenvalue weighted by atomic mass is 9.64. The molecule has 3 aliphatic rings. The summed E-state index contributed by atoms with van der Waals surface area (Å²) in [5.41, 5.74) is 4.64. The van der Waals surface area contributed by atoms with Crippen molar-refractivity contribution in [1.82, 2.24) is 15.6 Å². The molecule has 0 aromatic heterocycles. The molecule has 3 amide bonds. The first-order valence-corrected chi connectivity index (χ1v) is 14.4. The van der Waals surface area contributed by atoms with Crippen LogP contribution in [-0.4, -0.2) is 46.5 Å². The van der Waals surface area contributed by atoms with Gasteiger partial charge in [-0.25, -0.2) is 5.43 Å². The Bertz CT molecular complexity index is 1450. The average molecular weight is 576 g/mol. The van der Waals surface area contributed by atoms with E-state index < -0.39 is 23.5 Å². The number of likely N-dealkylation sites (tertiary alicyclic amines) is 1. The molecule has 0 spiro atoms. The second-order valence-electron chi connectivity index (χ2n) is 11.3. The van der Waals surface area contributed by atoms with Gasteiger partial charge in [-0.05, 0) is 87.9 Å². The first-order valence-electron chi connectivity index (χ1n) is 14.0. The fraction of sp³-hybridized carbons (Fsp3) is 0.452. The largest absolute Gasteiger partial charge is 0.480 e. The molecule has 1 aliphatic carbocycles. The number of amides is 3. The lowest BCUT2D eigenvalue weighted by Gasteiger charge is -2.46. The van der Waals surface area contributed by atoms with Gasteiger partial charge in [0.1, 0.15) is 11.8 Å². The molecule has 41 heavy (non-hydrogen) atoms. The number of benzene rings is 2. The van der Waals surface area contributed by atoms with Gasteiger partial charge in [-0.2, -0.15) is 10.4 Å². The summed E-state index contributed by atoms with van der Waals surface area (Å²) in [6.07, 6.45) is 3.64. The molecule has 9 nitrogen and oxygen atoms in total. The van der Waals surface area contributed by atoms with E-state index in [1.807, 2.05) is 30.0 Å². The molecule has 5 rings (SSSR count). The van der Waals surface area contributed by atoms with Crippen molar-refractivity contribution in [3.05, 3.63) is 64.2 Å². The van der Waals surface area contributed by atoms with Gasteiger partial charge in [0.05, 0.1) is 23.6 Å². The van der Waals surface area contributed by atoms with Crippen molar-refractivity contribution in [1.29, 1.82) is 5.26 Å². The molecule has 1 unspecified atom stereocenters. The average Bonchev–Trinajstić information content (AvgIpc) is 3.36. The van der Waals surface area contributed by atoms with Crippen molar-refractivity contribution < 1.29 is 19.1 Å². The Morgan fingerprint density at radius 1 is 1.22 bits per heavy atom. The second-order valence-corrected chi connectivity index (χ2v) is 11.8. The molecule has 1 saturated heterocycles. The highest BCUT2D eigenvalue weighted by Gasteiger charge is 2.53. The van der Waals surface area contributed by atoms with Crippen LogP contribution in [0, 0.1) is 23.7 Å². The van der Waals surface area contributed by atoms with E-state index in [0.717, 1.165) is 43.4 Å². The normalized spacial score (nSPS) is 23.9. The van der Waals surface area contributed by atoms with Gasteiger partial charge in [0.25, 0.3) is 11.8 Å². The van der Waals surface area contributed by atoms with Gasteiger partial charge in [0, 0.05) is 22.7 Å². The summed E-state index contributed by atoms with van der Waals surface area (Å²) in [6, 6.07) is 13.7. The Kier molecular flexibility index (Phi) is 8.05. The number of hydrogen-bond acceptors (Lipinski definition) is 6. The fourth-order valence-corrected chi connectivity index (χ4v) is 6.34. The third-order valence-corrected chi connectivity index (χ3v) is 8.77. The number of carbonyl (C=O) groups is 3. The molecule has 0 radical (unpaired) electrons. The molecule has 2 aliphatic heterocycles. The third kappa shape index (κ3) is 5.66. The predicted octanol–water partition coefficient (Wildman–Crippen LogP) is 4.84. The van der Waals surface area contributed by atoms with E-state index in [1.54, 1.807) is 38.1 Å². The molecule has 2 aromatic carbocycles. The lowest BCUT2D eigenvalue weighted by Crippen LogP contribution is -2.55. The summed E-state index contributed by atoms with van der Waals surface area (Å²) in [6.45, 7) is 5.29. The van der Waals surface area contributed by atoms with Crippen molar-refractivity contribution in [3.8, 4) is 11.8 Å². The van der Waals surface area contributed by atoms with Crippen LogP contribution in [0.4, 0.5) is 0 Å². The first kappa shape index (κ1) is 28.6. The van der Waals surface area contributed by atoms with Crippen LogP contribution in [0.1, 0.15) is 79.9 Å². The van der Waals surface area contributed by atoms with Gasteiger partial charge in [-0.15, -0.1) is 0 Å². The summed E-state index contributed by atoms with van der Waals surface area (Å²) >= 11 is 6.29. The van der Waals surface area contributed by atoms with E-state index in [0.29, 0.717) is 28.3 Å². The Morgan fingerprint density at radius 2 is 2.00 bits per heavy atom. The topological polar surface area (TPSA) is 124 Å². The Hall–Kier alpha value is -3.90. The van der Waals surface area contributed by atoms with Crippen molar-refractivity contribution in [2.24, 2.45) is 10.5 Å². The van der Waals surface area contributed by atoms with Crippen LogP contribution in [0.25, 0.3) is 0 Å². The second kappa shape index (κ2) is 11.5. The molecule has 2 aromatic rings. The zero-order chi connectivity index (χ0) is 29.3. The van der Waals surface area contributed by atoms with Gasteiger partial charge in [0.15, 0.2) is 6.10 Å². The van der Waals surface area contributed by atoms with E-state index in [2.05, 4.69) is 21.9 Å². The standard InChI is InChI=1S/C31H34ClN5O4/c1-18-14-22(8-10-25(18)41-26-15-19(2)35-36-29(26)39)28(38)34-20(3)30(40)37-24(21-6-4-7-23(32)16-21)9-11-27(37)31(17-33)12-5-13-31/h4,6-8,10,14,16,20,24,26-27H,5,9,11-13,15H2,1-3H3,(H,34,38)(H,36,39)/t20-,24+,26?,27-/m1/s1. The van der Waals surface area contributed by atoms with Crippen LogP contribution >= 0.6 is 11.6 Å². The quantitative estimate of drug-likeness (QED) is 0.489. The van der Waals surface area contributed by atoms with Gasteiger partial charge < -0.3 is 15.0 Å². The highest BCUT2D eigenvalue weighted by molar-refractivity contribution is 6.30. The van der Waals surface area contributed by atoms with Crippen molar-refractivity contribution in [2.45, 2.75) is 83.5 Å². The Morgan fingerprint density at radius 3 is 2.66 bits per heavy atom. The van der Waals surface area contributed by atoms with Crippen LogP contribution in [0.15, 0.2) is 47.6 Å². The van der Waals surface area contributed by atoms with Crippen molar-refractivity contribution >= 4 is 35.0 Å². The summed E-state index contributed by atoms with van der Waals surface area (Å²) in [7, 11) is 0. The molecule has 1 saturated carbocycles. The zero-order valence-corrected chi connectivity index (χ0v) is 24.2. The number of nitrogens with zero attached hydrogens (tertiary/aromatic N) is 3. The lowest BCUT2D eigenvalue weighted by molar-refractivity contribution is -0.139. The van der Waals surface area contributed by atoms with Crippen molar-refractivity contribution in [2.75, 3.05) is 0 Å². The number of rotatable bonds is 7. The SMILES string of the molecule is CC1=NNC(=O)C(Oc2ccc(C(=O)N[C@H](C)C(=O)N3[C@H](c4cccc(Cl)c4)CC[C@@H]3C3(C#N)CCC3)cc2C)C1. The molecule has 2 fully saturated rings. The Balaban J connectivity index is 1.32. The van der Waals surface area contributed by atoms with Crippen LogP contribution in [0.3, 0.4) is 0 Å². The monoisotopic (exact) mass is 575 g/mol. The summed E-state index contributed by atoms with van der Waals surface area (Å²) in [5.74, 6) is -0.440. The van der Waals surface area contributed by atoms with Gasteiger partial charge in [-0.3, -0.25) is 14.4 Å². The van der Waals surface area contributed by atoms with Crippen LogP contribution < -0.4 is 15.5 Å². The van der Waals surface area contributed by atoms with E-state index in [4.69, 9.17) is 16.3 Å². The summed E-state index contributed by atoms with van der Waals surface area (Å²) < 4.78 is 5.90. The summed E-state index contributed by atoms with van der Waals surface area (Å²) in [4.78, 5) is 41.2. The number of nitrogens with one attached hydrogen (secondary N) is 2. The van der Waals surface area contributed by atoms with E-state index >= 15 is 0 Å². The van der Waals surface area contributed by atoms with E-state index in [-0.39, 0.29) is 23.9 Å². The van der Waals surface area contributed by atoms with Crippen molar-refractivity contribution in [3.63, 3.8) is 0 Å². The van der Waals surface area contributed by atoms with Crippen LogP contribution in [0.2, 0.25) is 5.02 Å². The molecular weight excluding hydrogens is 542 g/mol. The highest BCUT2D eigenvalue weighted by Crippen LogP contribution is 2.52. The van der Waals surface area contributed by atoms with Gasteiger partial charge in [0.2, 0.25) is 5.91 Å². The Labute approximate surface area is 244 Å². The number of halogens is 1. The smallest absolute Gasteiger partial charge is 0.281 e. The molecular formula is C31H34ClN5O4. The number of hydrazone groups is 1. The molecule has 4 atom stereocenters. The molecule has 10 heteroatoms. The minimum Gasteiger partial charge on any atom is -0.480 e. The number of carbonyl (C=O) groups excluding carboxylic acids is 3. The molecule has 214 valence electrons. The maximum Gasteiger partial charge on any atom is 0.281 e. The minimum absolute atomic E-state index is 0.218. The maximum absolute atomic E-state index is 14.0. The fourth-order valence-electron chi connectivity index (χ4n) is 6.14. The predicted molar refractivity (Wildman–Crippen MR) is 154 cm³/mol. The van der Waals surface area contributed by atoms with Crippen LogP contribution in [-0.2, 0) is 9.59 Å². The minimum atomic E-state index is -0.815. The molecule has 0 bridgehead atoms. The van der Waals surface area contributed by atoms with Crippen LogP contribution in [0.5, 0.6) is 5.75 Å². The summed E-state index contributed by atoms with van der Waals surface area (Å²) in [5, 5.41) is 17.5. The number of ether oxygens (including phenoxy) is 1. The number of hydrogen-bond donors (Lipinski definition) is 2.